The van der Waals surface area contributed by atoms with Crippen molar-refractivity contribution in [3.05, 3.63) is 108 Å². The number of aliphatic hydroxyl groups is 1. The molecule has 0 aromatic heterocycles. The van der Waals surface area contributed by atoms with Gasteiger partial charge in [-0.05, 0) is 94.5 Å². The molecule has 5 nitrogen and oxygen atoms in total. The molecule has 0 aliphatic carbocycles. The lowest BCUT2D eigenvalue weighted by atomic mass is 9.91. The summed E-state index contributed by atoms with van der Waals surface area (Å²) in [5.74, 6) is 0. The van der Waals surface area contributed by atoms with Gasteiger partial charge in [0.1, 0.15) is 19.2 Å². The molecule has 3 rings (SSSR count). The fourth-order valence-corrected chi connectivity index (χ4v) is 4.57. The molecule has 0 bridgehead atoms. The fourth-order valence-electron chi connectivity index (χ4n) is 4.57. The van der Waals surface area contributed by atoms with E-state index in [-0.39, 0.29) is 25.2 Å². The van der Waals surface area contributed by atoms with Crippen LogP contribution in [-0.4, -0.2) is 50.8 Å². The average molecular weight is 691 g/mol. The topological polar surface area (TPSA) is 72.8 Å². The SMILES string of the molecule is C=C.C=C(C=O)COF.CC.CC=O.CCc1cc(-c2ccc(CCO)c(CCOC)c2)ccc1-c1ccc(CCCCC(F)(F)F)cc1. The van der Waals surface area contributed by atoms with Crippen molar-refractivity contribution in [2.45, 2.75) is 78.8 Å². The predicted molar refractivity (Wildman–Crippen MR) is 193 cm³/mol. The van der Waals surface area contributed by atoms with Crippen LogP contribution in [0.25, 0.3) is 22.3 Å². The molecule has 9 heteroatoms. The number of hydrogen-bond donors (Lipinski definition) is 1. The minimum atomic E-state index is -4.07. The van der Waals surface area contributed by atoms with Crippen LogP contribution in [0.4, 0.5) is 17.7 Å². The molecule has 0 heterocycles. The molecule has 0 spiro atoms. The number of aryl methyl sites for hydroxylation is 2. The molecule has 3 aromatic carbocycles. The van der Waals surface area contributed by atoms with Crippen molar-refractivity contribution in [1.29, 1.82) is 0 Å². The third kappa shape index (κ3) is 20.3. The Hall–Kier alpha value is -3.92. The van der Waals surface area contributed by atoms with Crippen LogP contribution in [0.2, 0.25) is 0 Å². The lowest BCUT2D eigenvalue weighted by Gasteiger charge is -2.14. The van der Waals surface area contributed by atoms with Crippen molar-refractivity contribution in [2.24, 2.45) is 0 Å². The highest BCUT2D eigenvalue weighted by molar-refractivity contribution is 5.74. The van der Waals surface area contributed by atoms with E-state index in [2.05, 4.69) is 80.1 Å². The van der Waals surface area contributed by atoms with Gasteiger partial charge in [-0.1, -0.05) is 88.0 Å². The Morgan fingerprint density at radius 2 is 1.39 bits per heavy atom. The number of carbonyl (C=O) groups excluding carboxylic acids is 2. The smallest absolute Gasteiger partial charge is 0.389 e. The fraction of sp³-hybridized carbons (Fsp3) is 0.400. The standard InChI is InChI=1S/C30H35F3O2.C4H5FO2.C2H4O.C2H6.C2H4/c1-3-23-20-27(26-12-11-24(15-18-34)28(21-26)16-19-35-2)13-14-29(23)25-9-7-22(8-10-25)6-4-5-17-30(31,32)33;1-4(2-6)3-7-5;1-2-3;2*1-2/h7-14,20-21,34H,3-6,15-19H2,1-2H3;2H,1,3H2;2H,1H3;1-2H3;1-2H2. The number of methoxy groups -OCH3 is 1. The van der Waals surface area contributed by atoms with Gasteiger partial charge >= 0.3 is 6.18 Å². The van der Waals surface area contributed by atoms with Crippen molar-refractivity contribution < 1.29 is 42.1 Å². The molecule has 0 atom stereocenters. The van der Waals surface area contributed by atoms with E-state index in [0.29, 0.717) is 32.2 Å². The first-order valence-corrected chi connectivity index (χ1v) is 16.3. The summed E-state index contributed by atoms with van der Waals surface area (Å²) in [5, 5.41) is 9.39. The van der Waals surface area contributed by atoms with Gasteiger partial charge < -0.3 is 14.6 Å². The number of alkyl halides is 3. The predicted octanol–water partition coefficient (Wildman–Crippen LogP) is 10.3. The summed E-state index contributed by atoms with van der Waals surface area (Å²) in [7, 11) is 1.70. The van der Waals surface area contributed by atoms with Crippen molar-refractivity contribution in [3.63, 3.8) is 0 Å². The molecule has 0 amide bonds. The minimum absolute atomic E-state index is 0.0995. The van der Waals surface area contributed by atoms with E-state index < -0.39 is 12.6 Å². The Morgan fingerprint density at radius 1 is 0.837 bits per heavy atom. The maximum absolute atomic E-state index is 12.3. The second-order valence-electron chi connectivity index (χ2n) is 10.2. The summed E-state index contributed by atoms with van der Waals surface area (Å²) in [5.41, 5.74) is 9.36. The van der Waals surface area contributed by atoms with E-state index in [9.17, 15) is 27.6 Å². The van der Waals surface area contributed by atoms with Gasteiger partial charge in [0.15, 0.2) is 0 Å². The Labute approximate surface area is 290 Å². The summed E-state index contributed by atoms with van der Waals surface area (Å²) in [6.45, 7) is 17.2. The van der Waals surface area contributed by atoms with E-state index >= 15 is 0 Å². The van der Waals surface area contributed by atoms with E-state index in [1.54, 1.807) is 7.11 Å². The van der Waals surface area contributed by atoms with Gasteiger partial charge in [0.2, 0.25) is 0 Å². The third-order valence-electron chi connectivity index (χ3n) is 6.83. The van der Waals surface area contributed by atoms with Crippen molar-refractivity contribution in [3.8, 4) is 22.3 Å². The monoisotopic (exact) mass is 690 g/mol. The summed E-state index contributed by atoms with van der Waals surface area (Å²) in [6.07, 6.45) is 0.110. The molecular weight excluding hydrogens is 636 g/mol. The molecule has 0 aliphatic heterocycles. The maximum atomic E-state index is 12.3. The second-order valence-corrected chi connectivity index (χ2v) is 10.2. The number of unbranched alkanes of at least 4 members (excludes halogenated alkanes) is 1. The van der Waals surface area contributed by atoms with Crippen LogP contribution in [0.15, 0.2) is 86.0 Å². The van der Waals surface area contributed by atoms with E-state index in [4.69, 9.17) is 9.53 Å². The summed E-state index contributed by atoms with van der Waals surface area (Å²) >= 11 is 0. The Balaban J connectivity index is 0. The van der Waals surface area contributed by atoms with Gasteiger partial charge in [0.05, 0.1) is 6.61 Å². The van der Waals surface area contributed by atoms with Crippen LogP contribution in [0.5, 0.6) is 0 Å². The number of carbonyl (C=O) groups is 2. The molecule has 3 aromatic rings. The summed E-state index contributed by atoms with van der Waals surface area (Å²) < 4.78 is 53.0. The highest BCUT2D eigenvalue weighted by Crippen LogP contribution is 2.31. The molecule has 272 valence electrons. The van der Waals surface area contributed by atoms with Gasteiger partial charge in [-0.2, -0.15) is 18.1 Å². The minimum Gasteiger partial charge on any atom is -0.396 e. The molecular formula is C40H54F4O5. The van der Waals surface area contributed by atoms with Crippen molar-refractivity contribution in [1.82, 2.24) is 0 Å². The van der Waals surface area contributed by atoms with Crippen molar-refractivity contribution in [2.75, 3.05) is 26.9 Å². The number of hydrogen-bond acceptors (Lipinski definition) is 5. The first-order valence-electron chi connectivity index (χ1n) is 16.3. The third-order valence-corrected chi connectivity index (χ3v) is 6.83. The lowest BCUT2D eigenvalue weighted by Crippen LogP contribution is -2.06. The molecule has 0 unspecified atom stereocenters. The highest BCUT2D eigenvalue weighted by atomic mass is 19.4. The average Bonchev–Trinajstić information content (AvgIpc) is 3.12. The number of aldehydes is 2. The van der Waals surface area contributed by atoms with Crippen LogP contribution < -0.4 is 0 Å². The van der Waals surface area contributed by atoms with Crippen LogP contribution in [0.1, 0.15) is 69.2 Å². The molecule has 0 radical (unpaired) electrons. The van der Waals surface area contributed by atoms with Gasteiger partial charge in [-0.3, -0.25) is 4.79 Å². The molecule has 0 saturated heterocycles. The summed E-state index contributed by atoms with van der Waals surface area (Å²) in [6, 6.07) is 21.1. The second kappa shape index (κ2) is 29.0. The Kier molecular flexibility index (Phi) is 28.0. The maximum Gasteiger partial charge on any atom is 0.389 e. The molecule has 0 fully saturated rings. The molecule has 1 N–H and O–H groups in total. The van der Waals surface area contributed by atoms with Crippen LogP contribution >= 0.6 is 0 Å². The Bertz CT molecular complexity index is 1320. The van der Waals surface area contributed by atoms with E-state index in [1.807, 2.05) is 26.0 Å². The number of rotatable bonds is 15. The van der Waals surface area contributed by atoms with Gasteiger partial charge in [0.25, 0.3) is 0 Å². The zero-order chi connectivity index (χ0) is 37.7. The lowest BCUT2D eigenvalue weighted by molar-refractivity contribution is -0.135. The first kappa shape index (κ1) is 47.2. The van der Waals surface area contributed by atoms with Crippen LogP contribution in [0, 0.1) is 0 Å². The zero-order valence-corrected chi connectivity index (χ0v) is 29.7. The van der Waals surface area contributed by atoms with Crippen molar-refractivity contribution >= 4 is 12.6 Å². The van der Waals surface area contributed by atoms with Crippen LogP contribution in [0.3, 0.4) is 0 Å². The Morgan fingerprint density at radius 3 is 1.86 bits per heavy atom. The van der Waals surface area contributed by atoms with Gasteiger partial charge in [0, 0.05) is 25.7 Å². The number of benzene rings is 3. The number of aliphatic hydroxyl groups excluding tert-OH is 1. The normalized spacial score (nSPS) is 10.0. The highest BCUT2D eigenvalue weighted by Gasteiger charge is 2.25. The quantitative estimate of drug-likeness (QED) is 0.0565. The number of ether oxygens (including phenoxy) is 1. The van der Waals surface area contributed by atoms with E-state index in [0.717, 1.165) is 46.9 Å². The van der Waals surface area contributed by atoms with Crippen LogP contribution in [-0.2, 0) is 45.0 Å². The summed E-state index contributed by atoms with van der Waals surface area (Å²) in [4.78, 5) is 21.4. The van der Waals surface area contributed by atoms with Gasteiger partial charge in [-0.25, -0.2) is 0 Å². The van der Waals surface area contributed by atoms with E-state index in [1.165, 1.54) is 23.6 Å². The molecule has 0 aliphatic rings. The van der Waals surface area contributed by atoms with Gasteiger partial charge in [-0.15, -0.1) is 13.2 Å². The molecule has 49 heavy (non-hydrogen) atoms. The first-order chi connectivity index (χ1) is 23.6. The largest absolute Gasteiger partial charge is 0.396 e. The zero-order valence-electron chi connectivity index (χ0n) is 29.7. The molecule has 0 saturated carbocycles. The number of halogens is 4.